The van der Waals surface area contributed by atoms with Crippen LogP contribution in [-0.4, -0.2) is 47.9 Å². The minimum absolute atomic E-state index is 0.152. The highest BCUT2D eigenvalue weighted by Gasteiger charge is 2.36. The van der Waals surface area contributed by atoms with Gasteiger partial charge in [-0.15, -0.1) is 0 Å². The van der Waals surface area contributed by atoms with Crippen molar-refractivity contribution in [3.8, 4) is 0 Å². The van der Waals surface area contributed by atoms with Crippen molar-refractivity contribution in [1.29, 1.82) is 0 Å². The molecule has 3 heterocycles. The van der Waals surface area contributed by atoms with Crippen LogP contribution in [0.25, 0.3) is 0 Å². The summed E-state index contributed by atoms with van der Waals surface area (Å²) in [7, 11) is 0. The van der Waals surface area contributed by atoms with Gasteiger partial charge in [0.25, 0.3) is 0 Å². The zero-order chi connectivity index (χ0) is 24.2. The van der Waals surface area contributed by atoms with Crippen LogP contribution in [-0.2, 0) is 16.3 Å². The van der Waals surface area contributed by atoms with Crippen LogP contribution in [0.3, 0.4) is 0 Å². The van der Waals surface area contributed by atoms with Gasteiger partial charge in [-0.05, 0) is 49.4 Å². The highest BCUT2D eigenvalue weighted by molar-refractivity contribution is 7.80. The van der Waals surface area contributed by atoms with Crippen LogP contribution in [0.5, 0.6) is 0 Å². The lowest BCUT2D eigenvalue weighted by Gasteiger charge is -2.38. The molecule has 0 spiro atoms. The number of piperidine rings is 1. The summed E-state index contributed by atoms with van der Waals surface area (Å²) in [5.74, 6) is 0.511. The maximum atomic E-state index is 13.6. The normalized spacial score (nSPS) is 20.6. The fourth-order valence-electron chi connectivity index (χ4n) is 4.71. The smallest absolute Gasteiger partial charge is 0.381 e. The number of aromatic nitrogens is 2. The molecular weight excluding hydrogens is 463 g/mol. The Morgan fingerprint density at radius 1 is 1.21 bits per heavy atom. The lowest BCUT2D eigenvalue weighted by Crippen LogP contribution is -2.45. The molecule has 10 heteroatoms. The zero-order valence-electron chi connectivity index (χ0n) is 19.2. The second-order valence-electron chi connectivity index (χ2n) is 9.19. The predicted octanol–water partition coefficient (Wildman–Crippen LogP) is 4.77. The largest absolute Gasteiger partial charge is 0.433 e. The van der Waals surface area contributed by atoms with E-state index in [1.54, 1.807) is 0 Å². The molecule has 0 bridgehead atoms. The van der Waals surface area contributed by atoms with Crippen molar-refractivity contribution in [3.05, 3.63) is 47.7 Å². The van der Waals surface area contributed by atoms with Crippen molar-refractivity contribution >= 4 is 29.1 Å². The number of nitrogens with one attached hydrogen (secondary N) is 2. The van der Waals surface area contributed by atoms with Crippen molar-refractivity contribution in [2.75, 3.05) is 43.1 Å². The fraction of sp³-hybridized carbons (Fsp3) is 0.542. The topological polar surface area (TPSA) is 62.3 Å². The van der Waals surface area contributed by atoms with Gasteiger partial charge in [0.15, 0.2) is 10.8 Å². The first-order chi connectivity index (χ1) is 16.2. The molecule has 1 aromatic heterocycles. The molecule has 2 saturated heterocycles. The number of halogens is 3. The van der Waals surface area contributed by atoms with Gasteiger partial charge in [-0.3, -0.25) is 0 Å². The Labute approximate surface area is 203 Å². The number of anilines is 2. The molecule has 0 unspecified atom stereocenters. The Morgan fingerprint density at radius 2 is 1.94 bits per heavy atom. The quantitative estimate of drug-likeness (QED) is 0.582. The van der Waals surface area contributed by atoms with E-state index in [0.29, 0.717) is 38.8 Å². The van der Waals surface area contributed by atoms with Gasteiger partial charge in [0, 0.05) is 44.3 Å². The molecule has 34 heavy (non-hydrogen) atoms. The monoisotopic (exact) mass is 493 g/mol. The Balaban J connectivity index is 1.50. The van der Waals surface area contributed by atoms with E-state index in [9.17, 15) is 13.2 Å². The molecule has 2 fully saturated rings. The number of nitrogens with zero attached hydrogens (tertiary/aromatic N) is 3. The molecule has 1 atom stereocenters. The van der Waals surface area contributed by atoms with E-state index >= 15 is 0 Å². The molecule has 2 aliphatic heterocycles. The molecule has 184 valence electrons. The second-order valence-corrected chi connectivity index (χ2v) is 9.60. The number of benzene rings is 1. The lowest BCUT2D eigenvalue weighted by atomic mass is 9.74. The minimum atomic E-state index is -4.58. The molecule has 0 saturated carbocycles. The summed E-state index contributed by atoms with van der Waals surface area (Å²) in [6.45, 7) is 5.24. The van der Waals surface area contributed by atoms with Crippen molar-refractivity contribution < 1.29 is 17.9 Å². The third-order valence-electron chi connectivity index (χ3n) is 6.63. The second kappa shape index (κ2) is 10.4. The molecule has 0 amide bonds. The van der Waals surface area contributed by atoms with Crippen molar-refractivity contribution in [2.45, 2.75) is 44.2 Å². The fourth-order valence-corrected chi connectivity index (χ4v) is 4.88. The van der Waals surface area contributed by atoms with Crippen LogP contribution in [0.4, 0.5) is 24.9 Å². The lowest BCUT2D eigenvalue weighted by molar-refractivity contribution is -0.141. The highest BCUT2D eigenvalue weighted by Crippen LogP contribution is 2.34. The van der Waals surface area contributed by atoms with Gasteiger partial charge < -0.3 is 20.3 Å². The number of hydrogen-bond donors (Lipinski definition) is 2. The molecule has 1 aromatic carbocycles. The highest BCUT2D eigenvalue weighted by atomic mass is 32.1. The summed E-state index contributed by atoms with van der Waals surface area (Å²) >= 11 is 5.43. The summed E-state index contributed by atoms with van der Waals surface area (Å²) in [6, 6.07) is 11.2. The molecule has 2 aromatic rings. The molecule has 6 nitrogen and oxygen atoms in total. The summed E-state index contributed by atoms with van der Waals surface area (Å²) in [5.41, 5.74) is 0.0336. The van der Waals surface area contributed by atoms with Gasteiger partial charge in [-0.1, -0.05) is 37.3 Å². The first-order valence-corrected chi connectivity index (χ1v) is 12.1. The van der Waals surface area contributed by atoms with Crippen LogP contribution in [0.2, 0.25) is 0 Å². The predicted molar refractivity (Wildman–Crippen MR) is 130 cm³/mol. The van der Waals surface area contributed by atoms with Crippen molar-refractivity contribution in [3.63, 3.8) is 0 Å². The maximum Gasteiger partial charge on any atom is 0.433 e. The number of ether oxygens (including phenoxy) is 1. The number of alkyl halides is 3. The Bertz CT molecular complexity index is 982. The third kappa shape index (κ3) is 5.96. The van der Waals surface area contributed by atoms with E-state index in [1.165, 1.54) is 5.56 Å². The average molecular weight is 494 g/mol. The van der Waals surface area contributed by atoms with Crippen LogP contribution < -0.4 is 15.5 Å². The number of rotatable bonds is 5. The van der Waals surface area contributed by atoms with E-state index in [-0.39, 0.29) is 22.3 Å². The first-order valence-electron chi connectivity index (χ1n) is 11.6. The van der Waals surface area contributed by atoms with Crippen molar-refractivity contribution in [1.82, 2.24) is 15.3 Å². The van der Waals surface area contributed by atoms with Gasteiger partial charge in [0.1, 0.15) is 5.82 Å². The van der Waals surface area contributed by atoms with Crippen LogP contribution >= 0.6 is 12.2 Å². The Morgan fingerprint density at radius 3 is 2.62 bits per heavy atom. The van der Waals surface area contributed by atoms with E-state index in [0.717, 1.165) is 31.7 Å². The van der Waals surface area contributed by atoms with Crippen LogP contribution in [0.1, 0.15) is 43.9 Å². The summed E-state index contributed by atoms with van der Waals surface area (Å²) in [6.07, 6.45) is -0.959. The maximum absolute atomic E-state index is 13.6. The van der Waals surface area contributed by atoms with E-state index in [4.69, 9.17) is 17.0 Å². The molecular formula is C24H30F3N5OS. The van der Waals surface area contributed by atoms with Crippen LogP contribution in [0, 0.1) is 5.92 Å². The van der Waals surface area contributed by atoms with Crippen molar-refractivity contribution in [2.24, 2.45) is 5.92 Å². The first kappa shape index (κ1) is 24.7. The number of thiocarbonyl (C=S) groups is 1. The van der Waals surface area contributed by atoms with Gasteiger partial charge >= 0.3 is 6.18 Å². The van der Waals surface area contributed by atoms with E-state index < -0.39 is 11.9 Å². The van der Waals surface area contributed by atoms with Crippen LogP contribution in [0.15, 0.2) is 36.4 Å². The number of hydrogen-bond acceptors (Lipinski definition) is 5. The molecule has 0 radical (unpaired) electrons. The van der Waals surface area contributed by atoms with Gasteiger partial charge in [-0.2, -0.15) is 18.2 Å². The molecule has 2 N–H and O–H groups in total. The Kier molecular flexibility index (Phi) is 7.57. The average Bonchev–Trinajstić information content (AvgIpc) is 2.83. The summed E-state index contributed by atoms with van der Waals surface area (Å²) in [5, 5.41) is 6.18. The minimum Gasteiger partial charge on any atom is -0.381 e. The summed E-state index contributed by atoms with van der Waals surface area (Å²) < 4.78 is 46.2. The molecule has 0 aliphatic carbocycles. The van der Waals surface area contributed by atoms with Gasteiger partial charge in [0.05, 0.1) is 0 Å². The van der Waals surface area contributed by atoms with Gasteiger partial charge in [0.2, 0.25) is 5.95 Å². The zero-order valence-corrected chi connectivity index (χ0v) is 20.0. The summed E-state index contributed by atoms with van der Waals surface area (Å²) in [4.78, 5) is 9.97. The SMILES string of the molecule is C[C@@H]1CCCN(c2cc(C(F)(F)F)nc(NC(=S)NCC3(c4ccccc4)CCOCC3)n2)C1. The van der Waals surface area contributed by atoms with E-state index in [2.05, 4.69) is 39.7 Å². The molecule has 4 rings (SSSR count). The van der Waals surface area contributed by atoms with E-state index in [1.807, 2.05) is 23.1 Å². The van der Waals surface area contributed by atoms with Gasteiger partial charge in [-0.25, -0.2) is 4.98 Å². The third-order valence-corrected chi connectivity index (χ3v) is 6.88. The Hall–Kier alpha value is -2.46. The molecule has 2 aliphatic rings. The standard InChI is InChI=1S/C24H30F3N5OS/c1-17-6-5-11-32(15-17)20-14-19(24(25,26)27)29-21(30-20)31-22(34)28-16-23(9-12-33-13-10-23)18-7-3-2-4-8-18/h2-4,7-8,14,17H,5-6,9-13,15-16H2,1H3,(H2,28,29,30,31,34)/t17-/m1/s1.